The van der Waals surface area contributed by atoms with Crippen LogP contribution in [0.3, 0.4) is 0 Å². The minimum atomic E-state index is 0.516. The maximum atomic E-state index is 5.90. The summed E-state index contributed by atoms with van der Waals surface area (Å²) in [5, 5.41) is 0. The minimum absolute atomic E-state index is 0.516. The molecule has 0 spiro atoms. The predicted molar refractivity (Wildman–Crippen MR) is 80.9 cm³/mol. The van der Waals surface area contributed by atoms with Crippen molar-refractivity contribution < 1.29 is 9.47 Å². The van der Waals surface area contributed by atoms with Crippen LogP contribution in [0.25, 0.3) is 0 Å². The zero-order valence-electron chi connectivity index (χ0n) is 11.4. The van der Waals surface area contributed by atoms with E-state index in [-0.39, 0.29) is 0 Å². The Labute approximate surface area is 122 Å². The molecule has 3 heteroatoms. The van der Waals surface area contributed by atoms with Gasteiger partial charge in [-0.2, -0.15) is 0 Å². The second-order valence-electron chi connectivity index (χ2n) is 4.44. The molecule has 0 amide bonds. The molecule has 0 unspecified atom stereocenters. The lowest BCUT2D eigenvalue weighted by atomic mass is 10.1. The Morgan fingerprint density at radius 1 is 1.11 bits per heavy atom. The molecular weight excluding hydrogens is 304 g/mol. The van der Waals surface area contributed by atoms with E-state index in [9.17, 15) is 0 Å². The molecule has 0 fully saturated rings. The van der Waals surface area contributed by atoms with E-state index >= 15 is 0 Å². The average molecular weight is 321 g/mol. The summed E-state index contributed by atoms with van der Waals surface area (Å²) in [5.41, 5.74) is 3.49. The van der Waals surface area contributed by atoms with Crippen LogP contribution >= 0.6 is 15.9 Å². The number of benzene rings is 2. The fraction of sp³-hybridized carbons (Fsp3) is 0.250. The fourth-order valence-electron chi connectivity index (χ4n) is 1.82. The van der Waals surface area contributed by atoms with Crippen molar-refractivity contribution in [2.24, 2.45) is 0 Å². The molecule has 0 heterocycles. The van der Waals surface area contributed by atoms with E-state index in [0.717, 1.165) is 21.5 Å². The summed E-state index contributed by atoms with van der Waals surface area (Å²) in [7, 11) is 1.67. The highest BCUT2D eigenvalue weighted by atomic mass is 79.9. The van der Waals surface area contributed by atoms with Crippen molar-refractivity contribution >= 4 is 15.9 Å². The van der Waals surface area contributed by atoms with Crippen LogP contribution in [0.15, 0.2) is 40.9 Å². The van der Waals surface area contributed by atoms with Gasteiger partial charge in [0.1, 0.15) is 18.1 Å². The lowest BCUT2D eigenvalue weighted by Gasteiger charge is -2.12. The summed E-state index contributed by atoms with van der Waals surface area (Å²) in [5.74, 6) is 1.76. The number of methoxy groups -OCH3 is 1. The van der Waals surface area contributed by atoms with Gasteiger partial charge in [-0.1, -0.05) is 28.1 Å². The van der Waals surface area contributed by atoms with Gasteiger partial charge in [0.2, 0.25) is 0 Å². The topological polar surface area (TPSA) is 18.5 Å². The van der Waals surface area contributed by atoms with Gasteiger partial charge in [0, 0.05) is 10.0 Å². The lowest BCUT2D eigenvalue weighted by Crippen LogP contribution is -1.99. The molecule has 0 N–H and O–H groups in total. The van der Waals surface area contributed by atoms with Gasteiger partial charge in [-0.3, -0.25) is 0 Å². The molecule has 2 aromatic rings. The minimum Gasteiger partial charge on any atom is -0.497 e. The molecule has 0 aliphatic carbocycles. The number of halogens is 1. The second kappa shape index (κ2) is 6.11. The second-order valence-corrected chi connectivity index (χ2v) is 5.30. The normalized spacial score (nSPS) is 10.3. The van der Waals surface area contributed by atoms with Crippen LogP contribution in [0.5, 0.6) is 11.5 Å². The maximum absolute atomic E-state index is 5.90. The summed E-state index contributed by atoms with van der Waals surface area (Å²) >= 11 is 3.53. The number of hydrogen-bond donors (Lipinski definition) is 0. The predicted octanol–water partition coefficient (Wildman–Crippen LogP) is 4.65. The van der Waals surface area contributed by atoms with Crippen molar-refractivity contribution in [1.29, 1.82) is 0 Å². The molecule has 2 rings (SSSR count). The first-order valence-corrected chi connectivity index (χ1v) is 6.92. The molecule has 2 aromatic carbocycles. The van der Waals surface area contributed by atoms with E-state index in [4.69, 9.17) is 9.47 Å². The molecule has 0 atom stereocenters. The molecule has 0 aliphatic rings. The molecule has 0 saturated heterocycles. The third-order valence-corrected chi connectivity index (χ3v) is 3.96. The molecule has 0 bridgehead atoms. The van der Waals surface area contributed by atoms with Crippen molar-refractivity contribution in [3.05, 3.63) is 57.6 Å². The van der Waals surface area contributed by atoms with Crippen LogP contribution in [-0.4, -0.2) is 7.11 Å². The smallest absolute Gasteiger partial charge is 0.122 e. The van der Waals surface area contributed by atoms with E-state index in [0.29, 0.717) is 6.61 Å². The quantitative estimate of drug-likeness (QED) is 0.816. The Morgan fingerprint density at radius 3 is 2.63 bits per heavy atom. The Morgan fingerprint density at radius 2 is 1.89 bits per heavy atom. The van der Waals surface area contributed by atoms with Crippen molar-refractivity contribution in [2.75, 3.05) is 7.11 Å². The van der Waals surface area contributed by atoms with E-state index in [1.165, 1.54) is 11.1 Å². The molecule has 2 nitrogen and oxygen atoms in total. The highest BCUT2D eigenvalue weighted by molar-refractivity contribution is 9.10. The Bertz CT molecular complexity index is 579. The van der Waals surface area contributed by atoms with Crippen LogP contribution < -0.4 is 9.47 Å². The summed E-state index contributed by atoms with van der Waals surface area (Å²) in [6, 6.07) is 12.0. The summed E-state index contributed by atoms with van der Waals surface area (Å²) in [4.78, 5) is 0. The first-order chi connectivity index (χ1) is 9.11. The van der Waals surface area contributed by atoms with Crippen LogP contribution in [0.2, 0.25) is 0 Å². The van der Waals surface area contributed by atoms with Gasteiger partial charge in [0.25, 0.3) is 0 Å². The van der Waals surface area contributed by atoms with E-state index in [1.54, 1.807) is 7.11 Å². The number of hydrogen-bond acceptors (Lipinski definition) is 2. The van der Waals surface area contributed by atoms with Gasteiger partial charge in [-0.05, 0) is 49.2 Å². The third-order valence-electron chi connectivity index (χ3n) is 3.19. The molecule has 0 radical (unpaired) electrons. The molecule has 0 saturated carbocycles. The van der Waals surface area contributed by atoms with Crippen LogP contribution in [0, 0.1) is 13.8 Å². The van der Waals surface area contributed by atoms with Gasteiger partial charge in [-0.25, -0.2) is 0 Å². The van der Waals surface area contributed by atoms with Crippen molar-refractivity contribution in [1.82, 2.24) is 0 Å². The Kier molecular flexibility index (Phi) is 4.48. The lowest BCUT2D eigenvalue weighted by molar-refractivity contribution is 0.302. The van der Waals surface area contributed by atoms with Crippen molar-refractivity contribution in [3.8, 4) is 11.5 Å². The molecule has 19 heavy (non-hydrogen) atoms. The maximum Gasteiger partial charge on any atom is 0.122 e. The summed E-state index contributed by atoms with van der Waals surface area (Å²) in [6.45, 7) is 4.68. The average Bonchev–Trinajstić information content (AvgIpc) is 2.42. The largest absolute Gasteiger partial charge is 0.497 e. The molecule has 0 aromatic heterocycles. The monoisotopic (exact) mass is 320 g/mol. The fourth-order valence-corrected chi connectivity index (χ4v) is 2.19. The number of aryl methyl sites for hydroxylation is 1. The van der Waals surface area contributed by atoms with Crippen LogP contribution in [0.1, 0.15) is 16.7 Å². The summed E-state index contributed by atoms with van der Waals surface area (Å²) in [6.07, 6.45) is 0. The van der Waals surface area contributed by atoms with Crippen molar-refractivity contribution in [2.45, 2.75) is 20.5 Å². The van der Waals surface area contributed by atoms with Gasteiger partial charge < -0.3 is 9.47 Å². The SMILES string of the molecule is COc1ccc(Br)c(COc2cccc(C)c2C)c1. The molecule has 100 valence electrons. The van der Waals surface area contributed by atoms with Crippen LogP contribution in [0.4, 0.5) is 0 Å². The van der Waals surface area contributed by atoms with Crippen LogP contribution in [-0.2, 0) is 6.61 Å². The Hall–Kier alpha value is -1.48. The van der Waals surface area contributed by atoms with Gasteiger partial charge >= 0.3 is 0 Å². The standard InChI is InChI=1S/C16H17BrO2/c1-11-5-4-6-16(12(11)2)19-10-13-9-14(18-3)7-8-15(13)17/h4-9H,10H2,1-3H3. The molecular formula is C16H17BrO2. The van der Waals surface area contributed by atoms with E-state index in [1.807, 2.05) is 30.3 Å². The zero-order valence-corrected chi connectivity index (χ0v) is 13.0. The third kappa shape index (κ3) is 3.29. The van der Waals surface area contributed by atoms with Gasteiger partial charge in [-0.15, -0.1) is 0 Å². The zero-order chi connectivity index (χ0) is 13.8. The van der Waals surface area contributed by atoms with Gasteiger partial charge in [0.15, 0.2) is 0 Å². The highest BCUT2D eigenvalue weighted by Crippen LogP contribution is 2.26. The number of rotatable bonds is 4. The highest BCUT2D eigenvalue weighted by Gasteiger charge is 2.06. The van der Waals surface area contributed by atoms with Crippen molar-refractivity contribution in [3.63, 3.8) is 0 Å². The van der Waals surface area contributed by atoms with E-state index in [2.05, 4.69) is 35.8 Å². The van der Waals surface area contributed by atoms with Gasteiger partial charge in [0.05, 0.1) is 7.11 Å². The summed E-state index contributed by atoms with van der Waals surface area (Å²) < 4.78 is 12.2. The Balaban J connectivity index is 2.16. The molecule has 0 aliphatic heterocycles. The van der Waals surface area contributed by atoms with E-state index < -0.39 is 0 Å². The first kappa shape index (κ1) is 13.9. The number of ether oxygens (including phenoxy) is 2. The first-order valence-electron chi connectivity index (χ1n) is 6.13.